The number of carboxylic acid groups (broad SMARTS) is 1. The molecule has 2 aromatic carbocycles. The van der Waals surface area contributed by atoms with Crippen molar-refractivity contribution < 1.29 is 67.0 Å². The highest BCUT2D eigenvalue weighted by Gasteiger charge is 2.56. The van der Waals surface area contributed by atoms with Crippen molar-refractivity contribution in [3.8, 4) is 34.1 Å². The molecule has 6 atom stereocenters. The lowest BCUT2D eigenvalue weighted by Gasteiger charge is -2.43. The number of aliphatic carboxylic acids is 1. The van der Waals surface area contributed by atoms with Gasteiger partial charge in [-0.2, -0.15) is 0 Å². The Hall–Kier alpha value is -5.05. The van der Waals surface area contributed by atoms with Crippen LogP contribution in [0.25, 0.3) is 11.1 Å². The van der Waals surface area contributed by atoms with Crippen LogP contribution < -0.4 is 24.3 Å². The van der Waals surface area contributed by atoms with Crippen LogP contribution in [0.15, 0.2) is 24.3 Å². The normalized spacial score (nSPS) is 22.1. The van der Waals surface area contributed by atoms with Crippen LogP contribution >= 0.6 is 0 Å². The molecule has 1 amide bonds. The van der Waals surface area contributed by atoms with E-state index in [0.717, 1.165) is 5.56 Å². The van der Waals surface area contributed by atoms with Crippen molar-refractivity contribution in [2.45, 2.75) is 98.1 Å². The molecule has 53 heavy (non-hydrogen) atoms. The summed E-state index contributed by atoms with van der Waals surface area (Å²) in [6.45, 7) is 10.8. The van der Waals surface area contributed by atoms with E-state index in [9.17, 15) is 29.1 Å². The zero-order valence-electron chi connectivity index (χ0n) is 31.7. The zero-order chi connectivity index (χ0) is 39.3. The molecule has 1 heterocycles. The van der Waals surface area contributed by atoms with Crippen molar-refractivity contribution in [3.63, 3.8) is 0 Å². The Morgan fingerprint density at radius 1 is 0.774 bits per heavy atom. The third kappa shape index (κ3) is 8.95. The van der Waals surface area contributed by atoms with Crippen LogP contribution in [0.1, 0.15) is 72.1 Å². The molecule has 1 saturated heterocycles. The standard InChI is InChI=1S/C38H49NO14/c1-17(2)35(43)50-30-31(51-36(44)18(3)4)33(52-37(45)19(5)6)38(53-32(30)34(41)42)49-22-12-13-23-24(16-22)25(39-20(7)40)14-11-21-15-26(46-8)28(47-9)29(48-10)27(21)23/h12-13,15-19,25,30-33,38H,11,14H2,1-10H3,(H,39,40)(H,41,42)/t25-,30+,31-,32-,33+,38-/m0/s1. The smallest absolute Gasteiger partial charge is 0.337 e. The number of esters is 3. The van der Waals surface area contributed by atoms with Gasteiger partial charge in [0.1, 0.15) is 5.75 Å². The van der Waals surface area contributed by atoms with E-state index in [1.54, 1.807) is 59.7 Å². The Morgan fingerprint density at radius 2 is 1.34 bits per heavy atom. The number of hydrogen-bond donors (Lipinski definition) is 2. The Kier molecular flexibility index (Phi) is 13.2. The molecular formula is C38H49NO14. The molecule has 0 bridgehead atoms. The monoisotopic (exact) mass is 743 g/mol. The quantitative estimate of drug-likeness (QED) is 0.217. The number of rotatable bonds is 13. The summed E-state index contributed by atoms with van der Waals surface area (Å²) in [5.41, 5.74) is 2.88. The van der Waals surface area contributed by atoms with Gasteiger partial charge in [-0.1, -0.05) is 47.6 Å². The Morgan fingerprint density at radius 3 is 1.85 bits per heavy atom. The first-order valence-corrected chi connectivity index (χ1v) is 17.4. The fraction of sp³-hybridized carbons (Fsp3) is 0.553. The van der Waals surface area contributed by atoms with Crippen molar-refractivity contribution in [1.29, 1.82) is 0 Å². The first-order valence-electron chi connectivity index (χ1n) is 17.4. The number of ether oxygens (including phenoxy) is 8. The molecule has 2 N–H and O–H groups in total. The van der Waals surface area contributed by atoms with Gasteiger partial charge in [0.15, 0.2) is 29.8 Å². The minimum atomic E-state index is -1.90. The van der Waals surface area contributed by atoms with Crippen molar-refractivity contribution in [2.24, 2.45) is 17.8 Å². The summed E-state index contributed by atoms with van der Waals surface area (Å²) in [7, 11) is 4.53. The van der Waals surface area contributed by atoms with E-state index in [-0.39, 0.29) is 11.7 Å². The molecule has 2 aromatic rings. The van der Waals surface area contributed by atoms with Gasteiger partial charge in [0, 0.05) is 12.5 Å². The van der Waals surface area contributed by atoms with E-state index >= 15 is 0 Å². The number of carbonyl (C=O) groups excluding carboxylic acids is 4. The van der Waals surface area contributed by atoms with E-state index in [0.29, 0.717) is 46.8 Å². The summed E-state index contributed by atoms with van der Waals surface area (Å²) in [5, 5.41) is 13.3. The summed E-state index contributed by atoms with van der Waals surface area (Å²) in [5.74, 6) is -4.75. The molecule has 0 spiro atoms. The molecule has 15 heteroatoms. The second-order valence-electron chi connectivity index (χ2n) is 13.8. The molecule has 0 unspecified atom stereocenters. The van der Waals surface area contributed by atoms with Gasteiger partial charge in [-0.3, -0.25) is 19.2 Å². The van der Waals surface area contributed by atoms with E-state index in [2.05, 4.69) is 5.32 Å². The van der Waals surface area contributed by atoms with Crippen molar-refractivity contribution in [1.82, 2.24) is 5.32 Å². The van der Waals surface area contributed by atoms with E-state index < -0.39 is 78.4 Å². The molecule has 0 aromatic heterocycles. The third-order valence-electron chi connectivity index (χ3n) is 8.82. The largest absolute Gasteiger partial charge is 0.493 e. The number of carboxylic acids is 1. The maximum Gasteiger partial charge on any atom is 0.337 e. The maximum atomic E-state index is 13.1. The number of carbonyl (C=O) groups is 5. The average molecular weight is 744 g/mol. The summed E-state index contributed by atoms with van der Waals surface area (Å²) >= 11 is 0. The van der Waals surface area contributed by atoms with Crippen LogP contribution in [0.2, 0.25) is 0 Å². The molecule has 0 radical (unpaired) electrons. The Balaban J connectivity index is 1.89. The minimum absolute atomic E-state index is 0.133. The topological polar surface area (TPSA) is 191 Å². The minimum Gasteiger partial charge on any atom is -0.493 e. The van der Waals surface area contributed by atoms with Gasteiger partial charge >= 0.3 is 23.9 Å². The van der Waals surface area contributed by atoms with Gasteiger partial charge in [-0.25, -0.2) is 4.79 Å². The van der Waals surface area contributed by atoms with Gasteiger partial charge in [0.2, 0.25) is 24.1 Å². The highest BCUT2D eigenvalue weighted by molar-refractivity contribution is 5.84. The Labute approximate surface area is 308 Å². The van der Waals surface area contributed by atoms with Crippen LogP contribution in [0.3, 0.4) is 0 Å². The van der Waals surface area contributed by atoms with E-state index in [4.69, 9.17) is 37.9 Å². The second-order valence-corrected chi connectivity index (χ2v) is 13.8. The van der Waals surface area contributed by atoms with Crippen molar-refractivity contribution in [2.75, 3.05) is 21.3 Å². The summed E-state index contributed by atoms with van der Waals surface area (Å²) in [4.78, 5) is 64.1. The molecular weight excluding hydrogens is 694 g/mol. The van der Waals surface area contributed by atoms with Crippen LogP contribution in [-0.2, 0) is 49.3 Å². The fourth-order valence-corrected chi connectivity index (χ4v) is 6.12. The van der Waals surface area contributed by atoms with Crippen molar-refractivity contribution in [3.05, 3.63) is 35.4 Å². The van der Waals surface area contributed by atoms with Gasteiger partial charge in [-0.15, -0.1) is 0 Å². The second kappa shape index (κ2) is 17.2. The number of fused-ring (bicyclic) bond motifs is 3. The number of nitrogens with one attached hydrogen (secondary N) is 1. The van der Waals surface area contributed by atoms with Gasteiger partial charge < -0.3 is 48.3 Å². The Bertz CT molecular complexity index is 1700. The number of aryl methyl sites for hydroxylation is 1. The molecule has 1 aliphatic heterocycles. The third-order valence-corrected chi connectivity index (χ3v) is 8.82. The molecule has 15 nitrogen and oxygen atoms in total. The predicted octanol–water partition coefficient (Wildman–Crippen LogP) is 4.39. The molecule has 1 fully saturated rings. The first kappa shape index (κ1) is 40.7. The lowest BCUT2D eigenvalue weighted by molar-refractivity contribution is -0.284. The molecule has 4 rings (SSSR count). The number of methoxy groups -OCH3 is 3. The zero-order valence-corrected chi connectivity index (χ0v) is 31.7. The molecule has 0 saturated carbocycles. The van der Waals surface area contributed by atoms with Crippen molar-refractivity contribution >= 4 is 29.8 Å². The lowest BCUT2D eigenvalue weighted by Crippen LogP contribution is -2.65. The molecule has 290 valence electrons. The summed E-state index contributed by atoms with van der Waals surface area (Å²) < 4.78 is 46.5. The summed E-state index contributed by atoms with van der Waals surface area (Å²) in [6.07, 6.45) is -7.52. The highest BCUT2D eigenvalue weighted by atomic mass is 16.7. The SMILES string of the molecule is COc1cc2c(c(OC)c1OC)-c1ccc(O[C@H]3O[C@H](C(=O)O)[C@H](OC(=O)C(C)C)[C@H](OC(=O)C(C)C)[C@H]3OC(=O)C(C)C)cc1[C@@H](NC(C)=O)CC2. The van der Waals surface area contributed by atoms with Crippen LogP contribution in [0.4, 0.5) is 0 Å². The number of benzene rings is 2. The number of amides is 1. The van der Waals surface area contributed by atoms with Gasteiger partial charge in [0.05, 0.1) is 45.1 Å². The predicted molar refractivity (Wildman–Crippen MR) is 187 cm³/mol. The molecule has 1 aliphatic carbocycles. The highest BCUT2D eigenvalue weighted by Crippen LogP contribution is 2.51. The lowest BCUT2D eigenvalue weighted by atomic mass is 9.93. The number of hydrogen-bond acceptors (Lipinski definition) is 13. The maximum absolute atomic E-state index is 13.1. The van der Waals surface area contributed by atoms with Crippen LogP contribution in [0, 0.1) is 17.8 Å². The summed E-state index contributed by atoms with van der Waals surface area (Å²) in [6, 6.07) is 6.33. The fourth-order valence-electron chi connectivity index (χ4n) is 6.12. The van der Waals surface area contributed by atoms with Crippen LogP contribution in [0.5, 0.6) is 23.0 Å². The van der Waals surface area contributed by atoms with Gasteiger partial charge in [0.25, 0.3) is 0 Å². The molecule has 2 aliphatic rings. The van der Waals surface area contributed by atoms with E-state index in [1.807, 2.05) is 6.07 Å². The average Bonchev–Trinajstić information content (AvgIpc) is 3.24. The van der Waals surface area contributed by atoms with E-state index in [1.165, 1.54) is 28.3 Å². The first-order chi connectivity index (χ1) is 25.0. The van der Waals surface area contributed by atoms with Crippen LogP contribution in [-0.4, -0.2) is 86.9 Å². The van der Waals surface area contributed by atoms with Gasteiger partial charge in [-0.05, 0) is 47.7 Å².